The van der Waals surface area contributed by atoms with Crippen molar-refractivity contribution in [2.75, 3.05) is 20.0 Å². The van der Waals surface area contributed by atoms with Crippen LogP contribution >= 0.6 is 23.2 Å². The number of benzene rings is 1. The molecule has 2 rings (SSSR count). The molecule has 0 saturated carbocycles. The Hall–Kier alpha value is -1.46. The van der Waals surface area contributed by atoms with E-state index in [1.54, 1.807) is 6.07 Å². The summed E-state index contributed by atoms with van der Waals surface area (Å²) in [5.74, 6) is 1.08. The number of nitrogen functional groups attached to an aromatic ring is 1. The van der Waals surface area contributed by atoms with Crippen LogP contribution in [-0.2, 0) is 0 Å². The molecule has 0 aliphatic heterocycles. The summed E-state index contributed by atoms with van der Waals surface area (Å²) in [7, 11) is 2.99. The number of aromatic nitrogens is 2. The molecule has 1 heterocycles. The maximum absolute atomic E-state index is 6.16. The van der Waals surface area contributed by atoms with Crippen LogP contribution in [-0.4, -0.2) is 24.2 Å². The van der Waals surface area contributed by atoms with E-state index in [0.717, 1.165) is 0 Å². The molecule has 0 fully saturated rings. The first kappa shape index (κ1) is 12.0. The van der Waals surface area contributed by atoms with Gasteiger partial charge < -0.3 is 15.2 Å². The first-order chi connectivity index (χ1) is 8.08. The van der Waals surface area contributed by atoms with Crippen molar-refractivity contribution in [3.8, 4) is 11.5 Å². The zero-order chi connectivity index (χ0) is 12.6. The molecule has 0 aliphatic carbocycles. The molecule has 7 heteroatoms. The quantitative estimate of drug-likeness (QED) is 0.852. The van der Waals surface area contributed by atoms with Crippen LogP contribution in [0.1, 0.15) is 0 Å². The van der Waals surface area contributed by atoms with Gasteiger partial charge in [0.25, 0.3) is 0 Å². The molecule has 0 aliphatic rings. The van der Waals surface area contributed by atoms with Crippen LogP contribution in [0.5, 0.6) is 11.5 Å². The van der Waals surface area contributed by atoms with Crippen molar-refractivity contribution < 1.29 is 9.47 Å². The van der Waals surface area contributed by atoms with Crippen molar-refractivity contribution in [1.29, 1.82) is 0 Å². The van der Waals surface area contributed by atoms with Gasteiger partial charge in [0.1, 0.15) is 16.4 Å². The van der Waals surface area contributed by atoms with Crippen molar-refractivity contribution in [2.24, 2.45) is 0 Å². The number of hydrogen-bond acceptors (Lipinski definition) is 5. The number of nitrogens with zero attached hydrogens (tertiary/aromatic N) is 2. The van der Waals surface area contributed by atoms with E-state index in [1.165, 1.54) is 14.2 Å². The summed E-state index contributed by atoms with van der Waals surface area (Å²) in [6.45, 7) is 0. The number of anilines is 1. The maximum atomic E-state index is 6.16. The number of hydrogen-bond donors (Lipinski definition) is 1. The fourth-order valence-corrected chi connectivity index (χ4v) is 2.01. The van der Waals surface area contributed by atoms with Crippen LogP contribution in [0.4, 0.5) is 5.82 Å². The Bertz CT molecular complexity index is 590. The summed E-state index contributed by atoms with van der Waals surface area (Å²) in [5.41, 5.74) is 6.18. The van der Waals surface area contributed by atoms with Crippen molar-refractivity contribution in [1.82, 2.24) is 9.97 Å². The Morgan fingerprint density at radius 3 is 2.47 bits per heavy atom. The van der Waals surface area contributed by atoms with Crippen LogP contribution in [0.25, 0.3) is 10.9 Å². The second kappa shape index (κ2) is 4.43. The van der Waals surface area contributed by atoms with Gasteiger partial charge in [-0.2, -0.15) is 0 Å². The minimum Gasteiger partial charge on any atom is -0.493 e. The van der Waals surface area contributed by atoms with Gasteiger partial charge in [-0.25, -0.2) is 9.97 Å². The second-order valence-corrected chi connectivity index (χ2v) is 3.92. The van der Waals surface area contributed by atoms with Gasteiger partial charge in [-0.1, -0.05) is 11.6 Å². The van der Waals surface area contributed by atoms with Crippen molar-refractivity contribution in [3.05, 3.63) is 16.4 Å². The normalized spacial score (nSPS) is 10.6. The largest absolute Gasteiger partial charge is 0.493 e. The molecule has 90 valence electrons. The van der Waals surface area contributed by atoms with Crippen LogP contribution in [0.15, 0.2) is 6.07 Å². The van der Waals surface area contributed by atoms with Gasteiger partial charge in [0.2, 0.25) is 5.28 Å². The number of rotatable bonds is 2. The van der Waals surface area contributed by atoms with Crippen molar-refractivity contribution in [2.45, 2.75) is 0 Å². The number of halogens is 2. The molecule has 0 unspecified atom stereocenters. The Balaban J connectivity index is 2.90. The molecule has 2 N–H and O–H groups in total. The van der Waals surface area contributed by atoms with E-state index in [0.29, 0.717) is 22.4 Å². The predicted molar refractivity (Wildman–Crippen MR) is 67.1 cm³/mol. The summed E-state index contributed by atoms with van der Waals surface area (Å²) >= 11 is 11.9. The van der Waals surface area contributed by atoms with Gasteiger partial charge in [0.05, 0.1) is 14.2 Å². The van der Waals surface area contributed by atoms with Crippen molar-refractivity contribution >= 4 is 39.9 Å². The molecule has 2 aromatic rings. The number of nitrogens with two attached hydrogens (primary N) is 1. The van der Waals surface area contributed by atoms with Crippen LogP contribution < -0.4 is 15.2 Å². The van der Waals surface area contributed by atoms with E-state index in [9.17, 15) is 0 Å². The third-order valence-electron chi connectivity index (χ3n) is 2.28. The Morgan fingerprint density at radius 2 is 1.88 bits per heavy atom. The van der Waals surface area contributed by atoms with Gasteiger partial charge in [0.15, 0.2) is 11.5 Å². The minimum atomic E-state index is 0.0316. The van der Waals surface area contributed by atoms with Gasteiger partial charge in [0, 0.05) is 5.39 Å². The molecule has 0 radical (unpaired) electrons. The molecule has 0 spiro atoms. The van der Waals surface area contributed by atoms with E-state index in [4.69, 9.17) is 38.4 Å². The highest BCUT2D eigenvalue weighted by Crippen LogP contribution is 2.41. The smallest absolute Gasteiger partial charge is 0.224 e. The summed E-state index contributed by atoms with van der Waals surface area (Å²) < 4.78 is 10.3. The van der Waals surface area contributed by atoms with E-state index < -0.39 is 0 Å². The minimum absolute atomic E-state index is 0.0316. The fourth-order valence-electron chi connectivity index (χ4n) is 1.52. The highest BCUT2D eigenvalue weighted by atomic mass is 35.5. The molecule has 1 aromatic heterocycles. The summed E-state index contributed by atoms with van der Waals surface area (Å²) in [5, 5.41) is 0.888. The van der Waals surface area contributed by atoms with Gasteiger partial charge in [-0.3, -0.25) is 0 Å². The molecule has 0 saturated heterocycles. The molecular formula is C10H9Cl2N3O2. The number of fused-ring (bicyclic) bond motifs is 1. The van der Waals surface area contributed by atoms with Crippen molar-refractivity contribution in [3.63, 3.8) is 0 Å². The lowest BCUT2D eigenvalue weighted by Gasteiger charge is -2.12. The van der Waals surface area contributed by atoms with E-state index >= 15 is 0 Å². The molecular weight excluding hydrogens is 265 g/mol. The fraction of sp³-hybridized carbons (Fsp3) is 0.200. The third-order valence-corrected chi connectivity index (χ3v) is 2.80. The maximum Gasteiger partial charge on any atom is 0.224 e. The van der Waals surface area contributed by atoms with Crippen LogP contribution in [0, 0.1) is 0 Å². The second-order valence-electron chi connectivity index (χ2n) is 3.20. The van der Waals surface area contributed by atoms with Gasteiger partial charge >= 0.3 is 0 Å². The van der Waals surface area contributed by atoms with E-state index in [1.807, 2.05) is 0 Å². The van der Waals surface area contributed by atoms with Crippen LogP contribution in [0.3, 0.4) is 0 Å². The summed E-state index contributed by atoms with van der Waals surface area (Å²) in [6.07, 6.45) is 0. The first-order valence-electron chi connectivity index (χ1n) is 4.61. The lowest BCUT2D eigenvalue weighted by molar-refractivity contribution is 0.356. The summed E-state index contributed by atoms with van der Waals surface area (Å²) in [4.78, 5) is 7.88. The van der Waals surface area contributed by atoms with Crippen LogP contribution in [0.2, 0.25) is 10.3 Å². The topological polar surface area (TPSA) is 70.3 Å². The third kappa shape index (κ3) is 1.92. The highest BCUT2D eigenvalue weighted by Gasteiger charge is 2.17. The zero-order valence-corrected chi connectivity index (χ0v) is 10.6. The number of ether oxygens (including phenoxy) is 2. The SMILES string of the molecule is COc1cc2c(N)nc(Cl)nc2c(Cl)c1OC. The summed E-state index contributed by atoms with van der Waals surface area (Å²) in [6, 6.07) is 1.66. The average Bonchev–Trinajstić information content (AvgIpc) is 2.30. The Kier molecular flexibility index (Phi) is 3.13. The highest BCUT2D eigenvalue weighted by molar-refractivity contribution is 6.37. The molecule has 1 aromatic carbocycles. The first-order valence-corrected chi connectivity index (χ1v) is 5.37. The molecule has 0 bridgehead atoms. The number of methoxy groups -OCH3 is 2. The molecule has 0 amide bonds. The average molecular weight is 274 g/mol. The van der Waals surface area contributed by atoms with E-state index in [-0.39, 0.29) is 16.1 Å². The Morgan fingerprint density at radius 1 is 1.18 bits per heavy atom. The van der Waals surface area contributed by atoms with E-state index in [2.05, 4.69) is 9.97 Å². The molecule has 17 heavy (non-hydrogen) atoms. The molecule has 5 nitrogen and oxygen atoms in total. The predicted octanol–water partition coefficient (Wildman–Crippen LogP) is 2.54. The van der Waals surface area contributed by atoms with Gasteiger partial charge in [-0.05, 0) is 17.7 Å². The Labute approximate surface area is 107 Å². The van der Waals surface area contributed by atoms with Gasteiger partial charge in [-0.15, -0.1) is 0 Å². The lowest BCUT2D eigenvalue weighted by atomic mass is 10.2. The lowest BCUT2D eigenvalue weighted by Crippen LogP contribution is -1.98. The standard InChI is InChI=1S/C10H9Cl2N3O2/c1-16-5-3-4-7(6(11)8(5)17-2)14-10(12)15-9(4)13/h3H,1-2H3,(H2,13,14,15). The monoisotopic (exact) mass is 273 g/mol. The molecule has 0 atom stereocenters. The zero-order valence-electron chi connectivity index (χ0n) is 9.12.